The maximum atomic E-state index is 9.60. The number of aliphatic hydroxyl groups excluding tert-OH is 1. The molecule has 1 aromatic rings. The van der Waals surface area contributed by atoms with Crippen molar-refractivity contribution in [1.29, 1.82) is 0 Å². The summed E-state index contributed by atoms with van der Waals surface area (Å²) in [5.74, 6) is 1.79. The molecule has 2 fully saturated rings. The largest absolute Gasteiger partial charge is 0.392 e. The van der Waals surface area contributed by atoms with Gasteiger partial charge in [-0.3, -0.25) is 4.68 Å². The van der Waals surface area contributed by atoms with Crippen molar-refractivity contribution in [2.24, 2.45) is 11.8 Å². The molecule has 18 heavy (non-hydrogen) atoms. The predicted molar refractivity (Wildman–Crippen MR) is 71.4 cm³/mol. The van der Waals surface area contributed by atoms with Gasteiger partial charge in [0.2, 0.25) is 0 Å². The average Bonchev–Trinajstić information content (AvgIpc) is 3.09. The van der Waals surface area contributed by atoms with Gasteiger partial charge in [-0.05, 0) is 43.9 Å². The van der Waals surface area contributed by atoms with Gasteiger partial charge in [-0.1, -0.05) is 20.3 Å². The van der Waals surface area contributed by atoms with Crippen LogP contribution in [-0.2, 0) is 19.4 Å². The minimum Gasteiger partial charge on any atom is -0.392 e. The first-order valence-corrected chi connectivity index (χ1v) is 7.48. The summed E-state index contributed by atoms with van der Waals surface area (Å²) in [7, 11) is 0. The van der Waals surface area contributed by atoms with E-state index in [0.29, 0.717) is 6.04 Å². The van der Waals surface area contributed by atoms with Crippen molar-refractivity contribution < 1.29 is 5.11 Å². The molecular formula is C15H24N2O. The highest BCUT2D eigenvalue weighted by Crippen LogP contribution is 2.51. The smallest absolute Gasteiger partial charge is 0.0718 e. The Balaban J connectivity index is 1.98. The summed E-state index contributed by atoms with van der Waals surface area (Å²) in [4.78, 5) is 0. The Hall–Kier alpha value is -0.830. The van der Waals surface area contributed by atoms with Crippen molar-refractivity contribution in [3.8, 4) is 0 Å². The lowest BCUT2D eigenvalue weighted by Crippen LogP contribution is -2.19. The van der Waals surface area contributed by atoms with Crippen molar-refractivity contribution in [3.05, 3.63) is 17.0 Å². The zero-order valence-electron chi connectivity index (χ0n) is 11.5. The quantitative estimate of drug-likeness (QED) is 0.889. The lowest BCUT2D eigenvalue weighted by molar-refractivity contribution is 0.276. The van der Waals surface area contributed by atoms with E-state index in [0.717, 1.165) is 35.9 Å². The fraction of sp³-hybridized carbons (Fsp3) is 0.800. The number of aromatic nitrogens is 2. The van der Waals surface area contributed by atoms with E-state index < -0.39 is 0 Å². The van der Waals surface area contributed by atoms with Crippen molar-refractivity contribution in [1.82, 2.24) is 9.78 Å². The summed E-state index contributed by atoms with van der Waals surface area (Å²) in [6, 6.07) is 0.615. The van der Waals surface area contributed by atoms with Crippen LogP contribution in [0, 0.1) is 11.8 Å². The topological polar surface area (TPSA) is 38.0 Å². The molecule has 2 bridgehead atoms. The van der Waals surface area contributed by atoms with Gasteiger partial charge in [-0.2, -0.15) is 5.10 Å². The zero-order valence-corrected chi connectivity index (χ0v) is 11.5. The Labute approximate surface area is 109 Å². The van der Waals surface area contributed by atoms with E-state index >= 15 is 0 Å². The summed E-state index contributed by atoms with van der Waals surface area (Å²) in [6.45, 7) is 4.46. The number of hydrogen-bond acceptors (Lipinski definition) is 2. The van der Waals surface area contributed by atoms with Crippen LogP contribution < -0.4 is 0 Å². The van der Waals surface area contributed by atoms with Gasteiger partial charge < -0.3 is 5.11 Å². The summed E-state index contributed by atoms with van der Waals surface area (Å²) >= 11 is 0. The van der Waals surface area contributed by atoms with Crippen LogP contribution in [-0.4, -0.2) is 14.9 Å². The molecular weight excluding hydrogens is 224 g/mol. The minimum atomic E-state index is 0.146. The van der Waals surface area contributed by atoms with Crippen molar-refractivity contribution in [2.75, 3.05) is 0 Å². The Morgan fingerprint density at radius 1 is 1.22 bits per heavy atom. The first kappa shape index (κ1) is 12.2. The van der Waals surface area contributed by atoms with Gasteiger partial charge in [0.15, 0.2) is 0 Å². The second-order valence-electron chi connectivity index (χ2n) is 5.92. The fourth-order valence-corrected chi connectivity index (χ4v) is 4.18. The van der Waals surface area contributed by atoms with Gasteiger partial charge >= 0.3 is 0 Å². The van der Waals surface area contributed by atoms with Crippen molar-refractivity contribution in [3.63, 3.8) is 0 Å². The fourth-order valence-electron chi connectivity index (χ4n) is 4.18. The lowest BCUT2D eigenvalue weighted by Gasteiger charge is -2.24. The molecule has 3 heteroatoms. The van der Waals surface area contributed by atoms with Gasteiger partial charge in [0.25, 0.3) is 0 Å². The van der Waals surface area contributed by atoms with Crippen LogP contribution in [0.2, 0.25) is 0 Å². The first-order chi connectivity index (χ1) is 8.78. The van der Waals surface area contributed by atoms with E-state index in [1.165, 1.54) is 31.4 Å². The first-order valence-electron chi connectivity index (χ1n) is 7.48. The minimum absolute atomic E-state index is 0.146. The van der Waals surface area contributed by atoms with E-state index in [2.05, 4.69) is 18.5 Å². The molecule has 2 aliphatic carbocycles. The summed E-state index contributed by atoms with van der Waals surface area (Å²) in [5.41, 5.74) is 3.49. The molecule has 3 unspecified atom stereocenters. The molecule has 0 radical (unpaired) electrons. The summed E-state index contributed by atoms with van der Waals surface area (Å²) in [5, 5.41) is 14.4. The molecule has 3 atom stereocenters. The molecule has 1 aromatic heterocycles. The highest BCUT2D eigenvalue weighted by molar-refractivity contribution is 5.27. The van der Waals surface area contributed by atoms with Gasteiger partial charge in [0.1, 0.15) is 0 Å². The molecule has 0 spiro atoms. The van der Waals surface area contributed by atoms with E-state index in [-0.39, 0.29) is 6.61 Å². The van der Waals surface area contributed by atoms with Crippen LogP contribution in [0.15, 0.2) is 0 Å². The molecule has 1 heterocycles. The monoisotopic (exact) mass is 248 g/mol. The number of hydrogen-bond donors (Lipinski definition) is 1. The molecule has 100 valence electrons. The Bertz CT molecular complexity index is 438. The molecule has 0 saturated heterocycles. The molecule has 2 aliphatic rings. The lowest BCUT2D eigenvalue weighted by atomic mass is 9.95. The highest BCUT2D eigenvalue weighted by Gasteiger charge is 2.41. The van der Waals surface area contributed by atoms with E-state index in [4.69, 9.17) is 5.10 Å². The normalized spacial score (nSPS) is 30.3. The summed E-state index contributed by atoms with van der Waals surface area (Å²) in [6.07, 6.45) is 7.44. The average molecular weight is 248 g/mol. The Morgan fingerprint density at radius 3 is 2.56 bits per heavy atom. The van der Waals surface area contributed by atoms with Crippen molar-refractivity contribution >= 4 is 0 Å². The Kier molecular flexibility index (Phi) is 3.18. The standard InChI is InChI=1S/C15H24N2O/c1-3-13-12(9-18)14(4-2)17(16-13)15-8-10-5-6-11(15)7-10/h10-11,15,18H,3-9H2,1-2H3. The van der Waals surface area contributed by atoms with Crippen LogP contribution in [0.4, 0.5) is 0 Å². The molecule has 3 nitrogen and oxygen atoms in total. The number of nitrogens with zero attached hydrogens (tertiary/aromatic N) is 2. The highest BCUT2D eigenvalue weighted by atomic mass is 16.3. The zero-order chi connectivity index (χ0) is 12.7. The molecule has 1 N–H and O–H groups in total. The molecule has 2 saturated carbocycles. The third kappa shape index (κ3) is 1.71. The van der Waals surface area contributed by atoms with Gasteiger partial charge in [0.05, 0.1) is 18.3 Å². The third-order valence-corrected chi connectivity index (χ3v) is 5.04. The van der Waals surface area contributed by atoms with E-state index in [9.17, 15) is 5.11 Å². The molecule has 0 aromatic carbocycles. The van der Waals surface area contributed by atoms with E-state index in [1.54, 1.807) is 0 Å². The summed E-state index contributed by atoms with van der Waals surface area (Å²) < 4.78 is 2.29. The second kappa shape index (κ2) is 4.69. The van der Waals surface area contributed by atoms with Crippen LogP contribution >= 0.6 is 0 Å². The second-order valence-corrected chi connectivity index (χ2v) is 5.92. The maximum Gasteiger partial charge on any atom is 0.0718 e. The van der Waals surface area contributed by atoms with Gasteiger partial charge in [-0.15, -0.1) is 0 Å². The maximum absolute atomic E-state index is 9.60. The van der Waals surface area contributed by atoms with Crippen LogP contribution in [0.1, 0.15) is 62.5 Å². The van der Waals surface area contributed by atoms with Gasteiger partial charge in [-0.25, -0.2) is 0 Å². The number of fused-ring (bicyclic) bond motifs is 2. The SMILES string of the molecule is CCc1nn(C2CC3CCC2C3)c(CC)c1CO. The Morgan fingerprint density at radius 2 is 2.06 bits per heavy atom. The van der Waals surface area contributed by atoms with Crippen LogP contribution in [0.5, 0.6) is 0 Å². The predicted octanol–water partition coefficient (Wildman–Crippen LogP) is 2.86. The van der Waals surface area contributed by atoms with Crippen molar-refractivity contribution in [2.45, 2.75) is 65.0 Å². The van der Waals surface area contributed by atoms with Gasteiger partial charge in [0, 0.05) is 11.3 Å². The molecule has 3 rings (SSSR count). The molecule has 0 aliphatic heterocycles. The van der Waals surface area contributed by atoms with Crippen LogP contribution in [0.3, 0.4) is 0 Å². The third-order valence-electron chi connectivity index (χ3n) is 5.04. The number of aliphatic hydroxyl groups is 1. The number of rotatable bonds is 4. The number of aryl methyl sites for hydroxylation is 1. The van der Waals surface area contributed by atoms with E-state index in [1.807, 2.05) is 0 Å². The molecule has 0 amide bonds. The van der Waals surface area contributed by atoms with Crippen LogP contribution in [0.25, 0.3) is 0 Å².